The Kier molecular flexibility index (Phi) is 6.27. The number of nitrogens with zero attached hydrogens (tertiary/aromatic N) is 4. The summed E-state index contributed by atoms with van der Waals surface area (Å²) >= 11 is 0. The van der Waals surface area contributed by atoms with E-state index in [4.69, 9.17) is 18.7 Å². The summed E-state index contributed by atoms with van der Waals surface area (Å²) in [5.74, 6) is 2.70. The second-order valence-electron chi connectivity index (χ2n) is 8.65. The molecule has 32 heavy (non-hydrogen) atoms. The molecule has 9 heteroatoms. The Labute approximate surface area is 187 Å². The SMILES string of the molecule is CCOC(=O)C1CCN(C2CCN(Cc3nc(-c4ccc5c(c4)OCO5)no3)CC2)CC1. The highest BCUT2D eigenvalue weighted by molar-refractivity contribution is 5.72. The molecule has 2 aromatic rings. The van der Waals surface area contributed by atoms with E-state index in [0.29, 0.717) is 36.7 Å². The van der Waals surface area contributed by atoms with Crippen molar-refractivity contribution in [1.29, 1.82) is 0 Å². The number of piperidine rings is 2. The number of hydrogen-bond donors (Lipinski definition) is 0. The average Bonchev–Trinajstić information content (AvgIpc) is 3.49. The van der Waals surface area contributed by atoms with Crippen LogP contribution >= 0.6 is 0 Å². The molecule has 0 N–H and O–H groups in total. The second-order valence-corrected chi connectivity index (χ2v) is 8.65. The molecule has 1 aromatic carbocycles. The van der Waals surface area contributed by atoms with Gasteiger partial charge in [0.1, 0.15) is 0 Å². The number of hydrogen-bond acceptors (Lipinski definition) is 9. The molecule has 0 unspecified atom stereocenters. The van der Waals surface area contributed by atoms with Crippen molar-refractivity contribution in [2.45, 2.75) is 45.2 Å². The van der Waals surface area contributed by atoms with Crippen molar-refractivity contribution in [1.82, 2.24) is 19.9 Å². The molecule has 0 atom stereocenters. The van der Waals surface area contributed by atoms with Gasteiger partial charge in [0.05, 0.1) is 19.1 Å². The number of carbonyl (C=O) groups is 1. The van der Waals surface area contributed by atoms with Crippen LogP contribution < -0.4 is 9.47 Å². The maximum absolute atomic E-state index is 12.0. The molecule has 0 aliphatic carbocycles. The smallest absolute Gasteiger partial charge is 0.309 e. The number of rotatable bonds is 6. The van der Waals surface area contributed by atoms with Crippen molar-refractivity contribution >= 4 is 5.97 Å². The van der Waals surface area contributed by atoms with Crippen molar-refractivity contribution in [2.24, 2.45) is 5.92 Å². The molecule has 0 spiro atoms. The summed E-state index contributed by atoms with van der Waals surface area (Å²) in [6, 6.07) is 6.25. The highest BCUT2D eigenvalue weighted by Crippen LogP contribution is 2.35. The topological polar surface area (TPSA) is 90.2 Å². The van der Waals surface area contributed by atoms with Crippen molar-refractivity contribution in [3.63, 3.8) is 0 Å². The third kappa shape index (κ3) is 4.59. The largest absolute Gasteiger partial charge is 0.466 e. The minimum atomic E-state index is -0.0263. The van der Waals surface area contributed by atoms with Gasteiger partial charge >= 0.3 is 5.97 Å². The maximum atomic E-state index is 12.0. The number of carbonyl (C=O) groups excluding carboxylic acids is 1. The molecule has 0 radical (unpaired) electrons. The van der Waals surface area contributed by atoms with Gasteiger partial charge in [-0.1, -0.05) is 5.16 Å². The summed E-state index contributed by atoms with van der Waals surface area (Å²) < 4.78 is 21.5. The van der Waals surface area contributed by atoms with Gasteiger partial charge in [-0.05, 0) is 63.9 Å². The first-order chi connectivity index (χ1) is 15.7. The summed E-state index contributed by atoms with van der Waals surface area (Å²) in [6.07, 6.45) is 4.05. The lowest BCUT2D eigenvalue weighted by molar-refractivity contribution is -0.149. The quantitative estimate of drug-likeness (QED) is 0.626. The number of aromatic nitrogens is 2. The fourth-order valence-electron chi connectivity index (χ4n) is 4.87. The number of esters is 1. The zero-order valence-corrected chi connectivity index (χ0v) is 18.5. The third-order valence-electron chi connectivity index (χ3n) is 6.68. The second kappa shape index (κ2) is 9.46. The Hall–Kier alpha value is -2.65. The fraction of sp³-hybridized carbons (Fsp3) is 0.609. The van der Waals surface area contributed by atoms with Crippen molar-refractivity contribution in [2.75, 3.05) is 39.6 Å². The van der Waals surface area contributed by atoms with Crippen LogP contribution in [0.15, 0.2) is 22.7 Å². The number of benzene rings is 1. The zero-order valence-electron chi connectivity index (χ0n) is 18.5. The van der Waals surface area contributed by atoms with Crippen molar-refractivity contribution in [3.8, 4) is 22.9 Å². The summed E-state index contributed by atoms with van der Waals surface area (Å²) in [4.78, 5) is 21.5. The standard InChI is InChI=1S/C23H30N4O5/c1-2-29-23(28)16-5-11-27(12-6-16)18-7-9-26(10-8-18)14-21-24-22(25-32-21)17-3-4-19-20(13-17)31-15-30-19/h3-4,13,16,18H,2,5-12,14-15H2,1H3. The van der Waals surface area contributed by atoms with Gasteiger partial charge in [-0.3, -0.25) is 9.69 Å². The van der Waals surface area contributed by atoms with Crippen LogP contribution in [0, 0.1) is 5.92 Å². The predicted molar refractivity (Wildman–Crippen MR) is 115 cm³/mol. The van der Waals surface area contributed by atoms with E-state index < -0.39 is 0 Å². The van der Waals surface area contributed by atoms with Gasteiger partial charge in [0.15, 0.2) is 11.5 Å². The molecule has 0 bridgehead atoms. The first kappa shape index (κ1) is 21.2. The summed E-state index contributed by atoms with van der Waals surface area (Å²) in [5, 5.41) is 4.15. The summed E-state index contributed by atoms with van der Waals surface area (Å²) in [7, 11) is 0. The lowest BCUT2D eigenvalue weighted by atomic mass is 9.93. The molecule has 0 saturated carbocycles. The molecule has 9 nitrogen and oxygen atoms in total. The van der Waals surface area contributed by atoms with E-state index in [1.54, 1.807) is 0 Å². The van der Waals surface area contributed by atoms with E-state index in [2.05, 4.69) is 19.9 Å². The van der Waals surface area contributed by atoms with Crippen LogP contribution in [-0.2, 0) is 16.1 Å². The minimum absolute atomic E-state index is 0.0263. The highest BCUT2D eigenvalue weighted by Gasteiger charge is 2.31. The lowest BCUT2D eigenvalue weighted by Crippen LogP contribution is -2.48. The van der Waals surface area contributed by atoms with Gasteiger partial charge in [-0.2, -0.15) is 4.98 Å². The Bertz CT molecular complexity index is 932. The first-order valence-electron chi connectivity index (χ1n) is 11.5. The van der Waals surface area contributed by atoms with Crippen molar-refractivity contribution < 1.29 is 23.5 Å². The lowest BCUT2D eigenvalue weighted by Gasteiger charge is -2.41. The Morgan fingerprint density at radius 3 is 2.66 bits per heavy atom. The van der Waals surface area contributed by atoms with E-state index >= 15 is 0 Å². The van der Waals surface area contributed by atoms with Gasteiger partial charge in [0.25, 0.3) is 0 Å². The molecule has 172 valence electrons. The predicted octanol–water partition coefficient (Wildman–Crippen LogP) is 2.70. The van der Waals surface area contributed by atoms with Crippen LogP contribution in [0.3, 0.4) is 0 Å². The molecular formula is C23H30N4O5. The Balaban J connectivity index is 1.10. The molecule has 1 aromatic heterocycles. The average molecular weight is 443 g/mol. The molecule has 5 rings (SSSR count). The molecule has 2 saturated heterocycles. The van der Waals surface area contributed by atoms with Crippen LogP contribution in [0.1, 0.15) is 38.5 Å². The van der Waals surface area contributed by atoms with Gasteiger partial charge < -0.3 is 23.6 Å². The van der Waals surface area contributed by atoms with E-state index in [1.807, 2.05) is 25.1 Å². The summed E-state index contributed by atoms with van der Waals surface area (Å²) in [6.45, 7) is 7.22. The molecule has 0 amide bonds. The van der Waals surface area contributed by atoms with Gasteiger partial charge in [0.2, 0.25) is 18.5 Å². The molecule has 2 fully saturated rings. The van der Waals surface area contributed by atoms with Gasteiger partial charge in [-0.25, -0.2) is 0 Å². The molecule has 3 aliphatic rings. The zero-order chi connectivity index (χ0) is 21.9. The van der Waals surface area contributed by atoms with Crippen molar-refractivity contribution in [3.05, 3.63) is 24.1 Å². The third-order valence-corrected chi connectivity index (χ3v) is 6.68. The van der Waals surface area contributed by atoms with E-state index in [0.717, 1.165) is 63.2 Å². The maximum Gasteiger partial charge on any atom is 0.309 e. The fourth-order valence-corrected chi connectivity index (χ4v) is 4.87. The molecular weight excluding hydrogens is 412 g/mol. The van der Waals surface area contributed by atoms with Crippen LogP contribution in [0.5, 0.6) is 11.5 Å². The van der Waals surface area contributed by atoms with E-state index in [-0.39, 0.29) is 18.7 Å². The molecule has 3 aliphatic heterocycles. The number of ether oxygens (including phenoxy) is 3. The number of fused-ring (bicyclic) bond motifs is 1. The minimum Gasteiger partial charge on any atom is -0.466 e. The van der Waals surface area contributed by atoms with Gasteiger partial charge in [0, 0.05) is 24.7 Å². The van der Waals surface area contributed by atoms with Gasteiger partial charge in [-0.15, -0.1) is 0 Å². The van der Waals surface area contributed by atoms with E-state index in [1.165, 1.54) is 0 Å². The molecule has 4 heterocycles. The first-order valence-corrected chi connectivity index (χ1v) is 11.5. The Morgan fingerprint density at radius 1 is 1.09 bits per heavy atom. The monoisotopic (exact) mass is 442 g/mol. The van der Waals surface area contributed by atoms with Crippen LogP contribution in [0.25, 0.3) is 11.4 Å². The normalized spacial score (nSPS) is 20.5. The van der Waals surface area contributed by atoms with Crippen LogP contribution in [0.2, 0.25) is 0 Å². The number of likely N-dealkylation sites (tertiary alicyclic amines) is 2. The Morgan fingerprint density at radius 2 is 1.88 bits per heavy atom. The summed E-state index contributed by atoms with van der Waals surface area (Å²) in [5.41, 5.74) is 0.856. The van der Waals surface area contributed by atoms with Crippen LogP contribution in [0.4, 0.5) is 0 Å². The highest BCUT2D eigenvalue weighted by atomic mass is 16.7. The van der Waals surface area contributed by atoms with Crippen LogP contribution in [-0.4, -0.2) is 71.5 Å². The van der Waals surface area contributed by atoms with E-state index in [9.17, 15) is 4.79 Å².